The highest BCUT2D eigenvalue weighted by molar-refractivity contribution is 7.96. The number of carbonyl (C=O) groups excluding carboxylic acids is 1. The van der Waals surface area contributed by atoms with Crippen LogP contribution in [0.25, 0.3) is 0 Å². The van der Waals surface area contributed by atoms with E-state index in [4.69, 9.17) is 0 Å². The first kappa shape index (κ1) is 6.37. The highest BCUT2D eigenvalue weighted by atomic mass is 32.1. The molecule has 0 aromatic rings. The monoisotopic (exact) mass is 122 g/mol. The maximum absolute atomic E-state index is 9.86. The third kappa shape index (κ3) is 4.37. The van der Waals surface area contributed by atoms with E-state index < -0.39 is 0 Å². The van der Waals surface area contributed by atoms with Crippen molar-refractivity contribution in [1.29, 1.82) is 0 Å². The fraction of sp³-hybridized carbons (Fsp3) is 0.667. The molecule has 0 saturated heterocycles. The Kier molecular flexibility index (Phi) is 3.78. The molecule has 0 fully saturated rings. The zero-order chi connectivity index (χ0) is 4.99. The van der Waals surface area contributed by atoms with Crippen LogP contribution in [0.4, 0.5) is 0 Å². The van der Waals surface area contributed by atoms with Crippen molar-refractivity contribution in [1.82, 2.24) is 0 Å². The van der Waals surface area contributed by atoms with Gasteiger partial charge in [0, 0.05) is 6.42 Å². The van der Waals surface area contributed by atoms with E-state index in [9.17, 15) is 4.79 Å². The molecule has 3 heteroatoms. The summed E-state index contributed by atoms with van der Waals surface area (Å²) in [6.45, 7) is 0. The molecular weight excluding hydrogens is 116 g/mol. The molecule has 0 amide bonds. The molecule has 0 aliphatic carbocycles. The largest absolute Gasteiger partial charge is 0.287 e. The van der Waals surface area contributed by atoms with E-state index in [1.165, 1.54) is 0 Å². The number of hydrogen-bond donors (Lipinski definition) is 2. The lowest BCUT2D eigenvalue weighted by molar-refractivity contribution is -0.110. The highest BCUT2D eigenvalue weighted by Crippen LogP contribution is 1.87. The minimum Gasteiger partial charge on any atom is -0.287 e. The van der Waals surface area contributed by atoms with Gasteiger partial charge in [0.1, 0.15) is 0 Å². The Morgan fingerprint density at radius 1 is 1.67 bits per heavy atom. The SMILES string of the molecule is O=C(S)CCS. The van der Waals surface area contributed by atoms with Crippen LogP contribution in [0, 0.1) is 0 Å². The van der Waals surface area contributed by atoms with Gasteiger partial charge in [-0.2, -0.15) is 12.6 Å². The van der Waals surface area contributed by atoms with Crippen molar-refractivity contribution in [2.45, 2.75) is 6.42 Å². The van der Waals surface area contributed by atoms with Gasteiger partial charge in [-0.05, 0) is 5.75 Å². The van der Waals surface area contributed by atoms with Crippen molar-refractivity contribution in [3.63, 3.8) is 0 Å². The van der Waals surface area contributed by atoms with E-state index in [0.29, 0.717) is 12.2 Å². The van der Waals surface area contributed by atoms with Crippen LogP contribution in [0.15, 0.2) is 0 Å². The molecule has 6 heavy (non-hydrogen) atoms. The lowest BCUT2D eigenvalue weighted by atomic mass is 10.5. The molecule has 0 saturated carbocycles. The Hall–Kier alpha value is 0.370. The smallest absolute Gasteiger partial charge is 0.186 e. The quantitative estimate of drug-likeness (QED) is 0.517. The number of thiol groups is 2. The van der Waals surface area contributed by atoms with Gasteiger partial charge < -0.3 is 0 Å². The Morgan fingerprint density at radius 2 is 2.17 bits per heavy atom. The third-order valence-corrected chi connectivity index (χ3v) is 0.773. The highest BCUT2D eigenvalue weighted by Gasteiger charge is 1.85. The van der Waals surface area contributed by atoms with Crippen molar-refractivity contribution in [2.24, 2.45) is 0 Å². The second-order valence-corrected chi connectivity index (χ2v) is 1.81. The zero-order valence-electron chi connectivity index (χ0n) is 3.22. The van der Waals surface area contributed by atoms with Crippen LogP contribution in [0.3, 0.4) is 0 Å². The maximum atomic E-state index is 9.86. The molecule has 0 rings (SSSR count). The normalized spacial score (nSPS) is 8.33. The topological polar surface area (TPSA) is 17.1 Å². The minimum absolute atomic E-state index is 0.0926. The molecule has 0 aliphatic rings. The lowest BCUT2D eigenvalue weighted by Crippen LogP contribution is -1.83. The lowest BCUT2D eigenvalue weighted by Gasteiger charge is -1.79. The predicted octanol–water partition coefficient (Wildman–Crippen LogP) is 0.763. The molecule has 1 nitrogen and oxygen atoms in total. The molecule has 36 valence electrons. The molecule has 0 radical (unpaired) electrons. The summed E-state index contributed by atoms with van der Waals surface area (Å²) in [5.74, 6) is 0.600. The Bertz CT molecular complexity index is 52.8. The van der Waals surface area contributed by atoms with Crippen LogP contribution in [0.1, 0.15) is 6.42 Å². The first-order chi connectivity index (χ1) is 2.77. The summed E-state index contributed by atoms with van der Waals surface area (Å²) in [6, 6.07) is 0. The van der Waals surface area contributed by atoms with Crippen LogP contribution >= 0.6 is 25.3 Å². The van der Waals surface area contributed by atoms with E-state index in [1.54, 1.807) is 0 Å². The van der Waals surface area contributed by atoms with Crippen molar-refractivity contribution in [2.75, 3.05) is 5.75 Å². The molecule has 0 heterocycles. The van der Waals surface area contributed by atoms with E-state index in [0.717, 1.165) is 0 Å². The number of carbonyl (C=O) groups is 1. The van der Waals surface area contributed by atoms with E-state index >= 15 is 0 Å². The van der Waals surface area contributed by atoms with Gasteiger partial charge in [-0.25, -0.2) is 0 Å². The van der Waals surface area contributed by atoms with Crippen LogP contribution < -0.4 is 0 Å². The van der Waals surface area contributed by atoms with Crippen molar-refractivity contribution in [3.8, 4) is 0 Å². The van der Waals surface area contributed by atoms with Crippen LogP contribution in [0.5, 0.6) is 0 Å². The van der Waals surface area contributed by atoms with E-state index in [-0.39, 0.29) is 5.12 Å². The standard InChI is InChI=1S/C3H6OS2/c4-3(6)1-2-5/h5H,1-2H2,(H,4,6). The molecule has 0 atom stereocenters. The summed E-state index contributed by atoms with van der Waals surface area (Å²) in [7, 11) is 0. The van der Waals surface area contributed by atoms with E-state index in [1.807, 2.05) is 0 Å². The van der Waals surface area contributed by atoms with Gasteiger partial charge in [-0.3, -0.25) is 4.79 Å². The predicted molar refractivity (Wildman–Crippen MR) is 32.5 cm³/mol. The van der Waals surface area contributed by atoms with Gasteiger partial charge in [0.05, 0.1) is 0 Å². The zero-order valence-corrected chi connectivity index (χ0v) is 5.01. The summed E-state index contributed by atoms with van der Waals surface area (Å²) >= 11 is 7.28. The minimum atomic E-state index is -0.0926. The molecule has 0 aromatic carbocycles. The molecule has 0 aliphatic heterocycles. The average Bonchev–Trinajstić information content (AvgIpc) is 1.35. The van der Waals surface area contributed by atoms with Crippen LogP contribution in [-0.4, -0.2) is 10.9 Å². The maximum Gasteiger partial charge on any atom is 0.186 e. The fourth-order valence-electron chi connectivity index (χ4n) is 0.0956. The first-order valence-corrected chi connectivity index (χ1v) is 2.68. The molecule has 0 N–H and O–H groups in total. The van der Waals surface area contributed by atoms with Gasteiger partial charge in [-0.1, -0.05) is 0 Å². The van der Waals surface area contributed by atoms with Crippen LogP contribution in [-0.2, 0) is 4.79 Å². The second kappa shape index (κ2) is 3.56. The van der Waals surface area contributed by atoms with E-state index in [2.05, 4.69) is 25.3 Å². The molecule has 0 unspecified atom stereocenters. The Labute approximate surface area is 47.9 Å². The van der Waals surface area contributed by atoms with Crippen molar-refractivity contribution < 1.29 is 4.79 Å². The van der Waals surface area contributed by atoms with Crippen LogP contribution in [0.2, 0.25) is 0 Å². The summed E-state index contributed by atoms with van der Waals surface area (Å²) in [6.07, 6.45) is 0.465. The second-order valence-electron chi connectivity index (χ2n) is 0.867. The summed E-state index contributed by atoms with van der Waals surface area (Å²) in [4.78, 5) is 9.86. The van der Waals surface area contributed by atoms with Crippen molar-refractivity contribution >= 4 is 30.4 Å². The summed E-state index contributed by atoms with van der Waals surface area (Å²) in [5, 5.41) is -0.0926. The molecule has 0 aromatic heterocycles. The van der Waals surface area contributed by atoms with Gasteiger partial charge in [0.25, 0.3) is 0 Å². The Morgan fingerprint density at radius 3 is 2.17 bits per heavy atom. The average molecular weight is 122 g/mol. The fourth-order valence-corrected chi connectivity index (χ4v) is 0.587. The number of hydrogen-bond acceptors (Lipinski definition) is 2. The van der Waals surface area contributed by atoms with Crippen molar-refractivity contribution in [3.05, 3.63) is 0 Å². The summed E-state index contributed by atoms with van der Waals surface area (Å²) in [5.41, 5.74) is 0. The summed E-state index contributed by atoms with van der Waals surface area (Å²) < 4.78 is 0. The van der Waals surface area contributed by atoms with Gasteiger partial charge in [0.2, 0.25) is 0 Å². The first-order valence-electron chi connectivity index (χ1n) is 1.60. The molecule has 0 spiro atoms. The molecule has 0 bridgehead atoms. The van der Waals surface area contributed by atoms with Gasteiger partial charge in [0.15, 0.2) is 5.12 Å². The molecular formula is C3H6OS2. The third-order valence-electron chi connectivity index (χ3n) is 0.326. The Balaban J connectivity index is 2.83. The van der Waals surface area contributed by atoms with Gasteiger partial charge >= 0.3 is 0 Å². The number of rotatable bonds is 2. The van der Waals surface area contributed by atoms with Gasteiger partial charge in [-0.15, -0.1) is 12.6 Å².